The topological polar surface area (TPSA) is 33.4 Å². The molecule has 2 aromatic rings. The molecule has 1 aliphatic carbocycles. The lowest BCUT2D eigenvalue weighted by atomic mass is 9.84. The third-order valence-electron chi connectivity index (χ3n) is 4.25. The first kappa shape index (κ1) is 11.8. The highest BCUT2D eigenvalue weighted by Crippen LogP contribution is 2.38. The molecule has 2 heteroatoms. The van der Waals surface area contributed by atoms with Gasteiger partial charge in [0.2, 0.25) is 0 Å². The van der Waals surface area contributed by atoms with Gasteiger partial charge in [-0.3, -0.25) is 0 Å². The lowest BCUT2D eigenvalue weighted by Crippen LogP contribution is -2.16. The Morgan fingerprint density at radius 3 is 2.61 bits per heavy atom. The Bertz CT molecular complexity index is 535. The molecular formula is C16H20O2. The van der Waals surface area contributed by atoms with E-state index in [1.54, 1.807) is 0 Å². The number of benzene rings is 1. The van der Waals surface area contributed by atoms with E-state index in [0.717, 1.165) is 35.1 Å². The summed E-state index contributed by atoms with van der Waals surface area (Å²) in [5.74, 6) is 1.15. The molecule has 0 radical (unpaired) electrons. The summed E-state index contributed by atoms with van der Waals surface area (Å²) < 4.78 is 5.86. The number of furan rings is 1. The van der Waals surface area contributed by atoms with Gasteiger partial charge in [0, 0.05) is 10.9 Å². The molecule has 0 amide bonds. The van der Waals surface area contributed by atoms with E-state index in [4.69, 9.17) is 4.42 Å². The molecule has 1 atom stereocenters. The van der Waals surface area contributed by atoms with E-state index < -0.39 is 6.10 Å². The Balaban J connectivity index is 1.95. The van der Waals surface area contributed by atoms with E-state index in [9.17, 15) is 5.11 Å². The molecule has 96 valence electrons. The number of aliphatic hydroxyl groups excluding tert-OH is 1. The molecule has 0 spiro atoms. The van der Waals surface area contributed by atoms with Crippen molar-refractivity contribution in [2.24, 2.45) is 5.92 Å². The lowest BCUT2D eigenvalue weighted by molar-refractivity contribution is 0.0661. The van der Waals surface area contributed by atoms with Gasteiger partial charge in [-0.15, -0.1) is 0 Å². The Kier molecular flexibility index (Phi) is 3.13. The molecule has 18 heavy (non-hydrogen) atoms. The minimum absolute atomic E-state index is 0.373. The molecule has 1 heterocycles. The van der Waals surface area contributed by atoms with E-state index in [0.29, 0.717) is 5.92 Å². The third-order valence-corrected chi connectivity index (χ3v) is 4.25. The number of rotatable bonds is 2. The molecule has 0 saturated heterocycles. The molecule has 0 bridgehead atoms. The van der Waals surface area contributed by atoms with Crippen molar-refractivity contribution in [1.29, 1.82) is 0 Å². The zero-order valence-electron chi connectivity index (χ0n) is 10.9. The first-order valence-corrected chi connectivity index (χ1v) is 6.93. The van der Waals surface area contributed by atoms with Gasteiger partial charge in [0.1, 0.15) is 17.4 Å². The van der Waals surface area contributed by atoms with Crippen LogP contribution in [0.1, 0.15) is 49.5 Å². The molecule has 1 aliphatic rings. The zero-order valence-corrected chi connectivity index (χ0v) is 10.9. The minimum Gasteiger partial charge on any atom is -0.458 e. The molecule has 1 saturated carbocycles. The van der Waals surface area contributed by atoms with Crippen LogP contribution in [0, 0.1) is 12.8 Å². The maximum atomic E-state index is 10.5. The number of aryl methyl sites for hydroxylation is 1. The van der Waals surface area contributed by atoms with Crippen LogP contribution in [0.25, 0.3) is 11.0 Å². The zero-order chi connectivity index (χ0) is 12.5. The summed E-state index contributed by atoms with van der Waals surface area (Å²) in [5.41, 5.74) is 1.99. The van der Waals surface area contributed by atoms with Gasteiger partial charge in [0.15, 0.2) is 0 Å². The minimum atomic E-state index is -0.433. The fourth-order valence-electron chi connectivity index (χ4n) is 3.14. The van der Waals surface area contributed by atoms with E-state index in [1.807, 2.05) is 25.1 Å². The van der Waals surface area contributed by atoms with Crippen LogP contribution < -0.4 is 0 Å². The van der Waals surface area contributed by atoms with E-state index in [2.05, 4.69) is 6.07 Å². The normalized spacial score (nSPS) is 19.2. The Hall–Kier alpha value is -1.28. The molecular weight excluding hydrogens is 224 g/mol. The number of hydrogen-bond acceptors (Lipinski definition) is 2. The first-order chi connectivity index (χ1) is 8.77. The van der Waals surface area contributed by atoms with Gasteiger partial charge in [0.05, 0.1) is 0 Å². The summed E-state index contributed by atoms with van der Waals surface area (Å²) in [6, 6.07) is 8.02. The molecule has 0 aliphatic heterocycles. The average Bonchev–Trinajstić information content (AvgIpc) is 2.77. The SMILES string of the molecule is Cc1c(C(O)C2CCCCC2)oc2ccccc12. The summed E-state index contributed by atoms with van der Waals surface area (Å²) in [6.45, 7) is 2.05. The van der Waals surface area contributed by atoms with E-state index in [-0.39, 0.29) is 0 Å². The molecule has 1 fully saturated rings. The molecule has 1 aromatic heterocycles. The highest BCUT2D eigenvalue weighted by Gasteiger charge is 2.27. The van der Waals surface area contributed by atoms with E-state index >= 15 is 0 Å². The van der Waals surface area contributed by atoms with E-state index in [1.165, 1.54) is 19.3 Å². The van der Waals surface area contributed by atoms with Crippen LogP contribution in [0.4, 0.5) is 0 Å². The second kappa shape index (κ2) is 4.77. The van der Waals surface area contributed by atoms with Crippen LogP contribution in [-0.4, -0.2) is 5.11 Å². The van der Waals surface area contributed by atoms with Crippen LogP contribution in [0.3, 0.4) is 0 Å². The van der Waals surface area contributed by atoms with Crippen LogP contribution in [0.5, 0.6) is 0 Å². The predicted octanol–water partition coefficient (Wildman–Crippen LogP) is 4.35. The monoisotopic (exact) mass is 244 g/mol. The van der Waals surface area contributed by atoms with Gasteiger partial charge in [-0.05, 0) is 31.7 Å². The van der Waals surface area contributed by atoms with Crippen LogP contribution in [-0.2, 0) is 0 Å². The Morgan fingerprint density at radius 2 is 1.89 bits per heavy atom. The average molecular weight is 244 g/mol. The molecule has 1 aromatic carbocycles. The van der Waals surface area contributed by atoms with Gasteiger partial charge < -0.3 is 9.52 Å². The van der Waals surface area contributed by atoms with Crippen molar-refractivity contribution in [3.63, 3.8) is 0 Å². The quantitative estimate of drug-likeness (QED) is 0.851. The van der Waals surface area contributed by atoms with Gasteiger partial charge in [-0.1, -0.05) is 37.5 Å². The van der Waals surface area contributed by atoms with Crippen LogP contribution >= 0.6 is 0 Å². The summed E-state index contributed by atoms with van der Waals surface area (Å²) >= 11 is 0. The molecule has 3 rings (SSSR count). The van der Waals surface area contributed by atoms with Crippen molar-refractivity contribution < 1.29 is 9.52 Å². The maximum absolute atomic E-state index is 10.5. The second-order valence-corrected chi connectivity index (χ2v) is 5.43. The highest BCUT2D eigenvalue weighted by molar-refractivity contribution is 5.81. The molecule has 1 unspecified atom stereocenters. The Morgan fingerprint density at radius 1 is 1.17 bits per heavy atom. The summed E-state index contributed by atoms with van der Waals surface area (Å²) in [6.07, 6.45) is 5.59. The van der Waals surface area contributed by atoms with Crippen molar-refractivity contribution >= 4 is 11.0 Å². The van der Waals surface area contributed by atoms with Crippen molar-refractivity contribution in [2.45, 2.75) is 45.1 Å². The molecule has 2 nitrogen and oxygen atoms in total. The van der Waals surface area contributed by atoms with Crippen molar-refractivity contribution in [1.82, 2.24) is 0 Å². The van der Waals surface area contributed by atoms with Crippen LogP contribution in [0.15, 0.2) is 28.7 Å². The Labute approximate surface area is 108 Å². The van der Waals surface area contributed by atoms with Crippen molar-refractivity contribution in [3.05, 3.63) is 35.6 Å². The van der Waals surface area contributed by atoms with Gasteiger partial charge in [-0.2, -0.15) is 0 Å². The van der Waals surface area contributed by atoms with Gasteiger partial charge >= 0.3 is 0 Å². The fraction of sp³-hybridized carbons (Fsp3) is 0.500. The predicted molar refractivity (Wildman–Crippen MR) is 72.5 cm³/mol. The van der Waals surface area contributed by atoms with Crippen molar-refractivity contribution in [2.75, 3.05) is 0 Å². The second-order valence-electron chi connectivity index (χ2n) is 5.43. The van der Waals surface area contributed by atoms with Crippen LogP contribution in [0.2, 0.25) is 0 Å². The largest absolute Gasteiger partial charge is 0.458 e. The number of fused-ring (bicyclic) bond motifs is 1. The summed E-state index contributed by atoms with van der Waals surface area (Å²) in [5, 5.41) is 11.7. The number of para-hydroxylation sites is 1. The van der Waals surface area contributed by atoms with Gasteiger partial charge in [0.25, 0.3) is 0 Å². The first-order valence-electron chi connectivity index (χ1n) is 6.93. The van der Waals surface area contributed by atoms with Gasteiger partial charge in [-0.25, -0.2) is 0 Å². The molecule has 1 N–H and O–H groups in total. The lowest BCUT2D eigenvalue weighted by Gasteiger charge is -2.25. The number of hydrogen-bond donors (Lipinski definition) is 1. The standard InChI is InChI=1S/C16H20O2/c1-11-13-9-5-6-10-14(13)18-16(11)15(17)12-7-3-2-4-8-12/h5-6,9-10,12,15,17H,2-4,7-8H2,1H3. The maximum Gasteiger partial charge on any atom is 0.136 e. The summed E-state index contributed by atoms with van der Waals surface area (Å²) in [4.78, 5) is 0. The third kappa shape index (κ3) is 1.95. The fourth-order valence-corrected chi connectivity index (χ4v) is 3.14. The highest BCUT2D eigenvalue weighted by atomic mass is 16.4. The summed E-state index contributed by atoms with van der Waals surface area (Å²) in [7, 11) is 0. The smallest absolute Gasteiger partial charge is 0.136 e. The number of aliphatic hydroxyl groups is 1. The van der Waals surface area contributed by atoms with Crippen molar-refractivity contribution in [3.8, 4) is 0 Å².